The third-order valence-corrected chi connectivity index (χ3v) is 4.28. The number of carbonyl (C=O) groups excluding carboxylic acids is 1. The summed E-state index contributed by atoms with van der Waals surface area (Å²) in [4.78, 5) is 13.8. The van der Waals surface area contributed by atoms with Crippen LogP contribution < -0.4 is 5.32 Å². The van der Waals surface area contributed by atoms with E-state index in [4.69, 9.17) is 0 Å². The molecule has 1 aliphatic heterocycles. The predicted molar refractivity (Wildman–Crippen MR) is 80.9 cm³/mol. The zero-order valence-electron chi connectivity index (χ0n) is 13.0. The van der Waals surface area contributed by atoms with Crippen molar-refractivity contribution in [2.24, 2.45) is 0 Å². The van der Waals surface area contributed by atoms with Gasteiger partial charge in [0.2, 0.25) is 5.91 Å². The lowest BCUT2D eigenvalue weighted by Gasteiger charge is -2.18. The second kappa shape index (κ2) is 6.29. The van der Waals surface area contributed by atoms with E-state index in [-0.39, 0.29) is 11.9 Å². The Hall–Kier alpha value is -1.52. The highest BCUT2D eigenvalue weighted by Crippen LogP contribution is 2.25. The van der Waals surface area contributed by atoms with Gasteiger partial charge in [-0.3, -0.25) is 9.48 Å². The van der Waals surface area contributed by atoms with E-state index in [1.807, 2.05) is 13.2 Å². The van der Waals surface area contributed by atoms with E-state index in [0.29, 0.717) is 6.04 Å². The Balaban J connectivity index is 2.18. The molecule has 112 valence electrons. The molecular weight excluding hydrogens is 252 g/mol. The summed E-state index contributed by atoms with van der Waals surface area (Å²) in [7, 11) is 1.86. The topological polar surface area (TPSA) is 50.2 Å². The van der Waals surface area contributed by atoms with Gasteiger partial charge in [-0.15, -0.1) is 0 Å². The molecule has 0 aliphatic carbocycles. The average Bonchev–Trinajstić information content (AvgIpc) is 2.99. The van der Waals surface area contributed by atoms with Crippen LogP contribution >= 0.6 is 0 Å². The van der Waals surface area contributed by atoms with Crippen molar-refractivity contribution in [2.45, 2.75) is 58.5 Å². The van der Waals surface area contributed by atoms with Crippen molar-refractivity contribution in [1.29, 1.82) is 0 Å². The Morgan fingerprint density at radius 1 is 1.40 bits per heavy atom. The molecule has 0 aromatic carbocycles. The van der Waals surface area contributed by atoms with Crippen LogP contribution in [0.15, 0.2) is 6.20 Å². The molecule has 1 amide bonds. The molecule has 5 nitrogen and oxygen atoms in total. The smallest absolute Gasteiger partial charge is 0.244 e. The van der Waals surface area contributed by atoms with Crippen LogP contribution in [0, 0.1) is 0 Å². The molecule has 0 bridgehead atoms. The molecule has 1 atom stereocenters. The molecule has 2 rings (SSSR count). The molecule has 1 aliphatic rings. The van der Waals surface area contributed by atoms with E-state index in [9.17, 15) is 4.79 Å². The number of nitrogens with zero attached hydrogens (tertiary/aromatic N) is 3. The number of hydrogen-bond donors (Lipinski definition) is 1. The molecule has 20 heavy (non-hydrogen) atoms. The monoisotopic (exact) mass is 278 g/mol. The maximum atomic E-state index is 12.0. The van der Waals surface area contributed by atoms with Crippen molar-refractivity contribution in [1.82, 2.24) is 14.7 Å². The second-order valence-electron chi connectivity index (χ2n) is 5.52. The fraction of sp³-hybridized carbons (Fsp3) is 0.733. The van der Waals surface area contributed by atoms with Gasteiger partial charge in [0.05, 0.1) is 23.6 Å². The largest absolute Gasteiger partial charge is 0.371 e. The Morgan fingerprint density at radius 2 is 2.10 bits per heavy atom. The highest BCUT2D eigenvalue weighted by atomic mass is 16.2. The normalized spacial score (nSPS) is 19.1. The molecule has 5 heteroatoms. The molecular formula is C15H26N4O. The van der Waals surface area contributed by atoms with Gasteiger partial charge in [0, 0.05) is 13.6 Å². The van der Waals surface area contributed by atoms with Crippen molar-refractivity contribution >= 4 is 11.6 Å². The van der Waals surface area contributed by atoms with Crippen molar-refractivity contribution < 1.29 is 4.79 Å². The van der Waals surface area contributed by atoms with Crippen LogP contribution in [-0.2, 0) is 11.2 Å². The van der Waals surface area contributed by atoms with Crippen LogP contribution in [0.4, 0.5) is 5.69 Å². The number of rotatable bonds is 6. The van der Waals surface area contributed by atoms with Crippen molar-refractivity contribution in [2.75, 3.05) is 18.9 Å². The summed E-state index contributed by atoms with van der Waals surface area (Å²) in [6, 6.07) is 0.354. The van der Waals surface area contributed by atoms with Crippen LogP contribution in [0.5, 0.6) is 0 Å². The molecule has 0 radical (unpaired) electrons. The van der Waals surface area contributed by atoms with Gasteiger partial charge in [-0.2, -0.15) is 5.10 Å². The molecule has 2 heterocycles. The van der Waals surface area contributed by atoms with E-state index in [1.165, 1.54) is 5.69 Å². The maximum absolute atomic E-state index is 12.0. The van der Waals surface area contributed by atoms with Crippen LogP contribution in [0.2, 0.25) is 0 Å². The minimum Gasteiger partial charge on any atom is -0.371 e. The number of hydrogen-bond acceptors (Lipinski definition) is 3. The van der Waals surface area contributed by atoms with E-state index in [0.717, 1.165) is 37.9 Å². The highest BCUT2D eigenvalue weighted by molar-refractivity contribution is 5.86. The van der Waals surface area contributed by atoms with Gasteiger partial charge < -0.3 is 10.2 Å². The Labute approximate surface area is 121 Å². The summed E-state index contributed by atoms with van der Waals surface area (Å²) in [6.45, 7) is 7.36. The fourth-order valence-electron chi connectivity index (χ4n) is 2.95. The summed E-state index contributed by atoms with van der Waals surface area (Å²) >= 11 is 0. The average molecular weight is 278 g/mol. The van der Waals surface area contributed by atoms with Crippen molar-refractivity contribution in [3.8, 4) is 0 Å². The number of aromatic nitrogens is 2. The first kappa shape index (κ1) is 14.9. The predicted octanol–water partition coefficient (Wildman–Crippen LogP) is 2.45. The number of amides is 1. The standard InChI is InChI=1S/C15H26N4O/c1-5-11(6-2)19-14(7-3)13(10-16-19)17-12-8-9-18(4)15(12)20/h10-12,17H,5-9H2,1-4H3. The van der Waals surface area contributed by atoms with Crippen molar-refractivity contribution in [3.05, 3.63) is 11.9 Å². The first-order valence-corrected chi connectivity index (χ1v) is 7.70. The lowest BCUT2D eigenvalue weighted by atomic mass is 10.1. The lowest BCUT2D eigenvalue weighted by Crippen LogP contribution is -2.31. The number of nitrogens with one attached hydrogen (secondary N) is 1. The van der Waals surface area contributed by atoms with Crippen LogP contribution in [0.1, 0.15) is 51.8 Å². The van der Waals surface area contributed by atoms with Crippen LogP contribution in [-0.4, -0.2) is 40.2 Å². The van der Waals surface area contributed by atoms with E-state index in [2.05, 4.69) is 35.9 Å². The minimum atomic E-state index is -0.0929. The number of carbonyl (C=O) groups is 1. The minimum absolute atomic E-state index is 0.0929. The van der Waals surface area contributed by atoms with Crippen molar-refractivity contribution in [3.63, 3.8) is 0 Å². The van der Waals surface area contributed by atoms with E-state index in [1.54, 1.807) is 4.90 Å². The third-order valence-electron chi connectivity index (χ3n) is 4.28. The molecule has 1 aromatic heterocycles. The van der Waals surface area contributed by atoms with Gasteiger partial charge in [-0.05, 0) is 25.7 Å². The summed E-state index contributed by atoms with van der Waals surface area (Å²) in [5, 5.41) is 7.93. The molecule has 1 fully saturated rings. The quantitative estimate of drug-likeness (QED) is 0.869. The zero-order valence-corrected chi connectivity index (χ0v) is 13.0. The number of anilines is 1. The fourth-order valence-corrected chi connectivity index (χ4v) is 2.95. The molecule has 1 aromatic rings. The summed E-state index contributed by atoms with van der Waals surface area (Å²) in [5.41, 5.74) is 2.23. The molecule has 1 unspecified atom stereocenters. The van der Waals surface area contributed by atoms with Gasteiger partial charge in [-0.1, -0.05) is 20.8 Å². The Morgan fingerprint density at radius 3 is 2.60 bits per heavy atom. The molecule has 1 N–H and O–H groups in total. The SMILES string of the molecule is CCc1c(NC2CCN(C)C2=O)cnn1C(CC)CC. The zero-order chi connectivity index (χ0) is 14.7. The number of likely N-dealkylation sites (N-methyl/N-ethyl adjacent to an activating group) is 1. The molecule has 1 saturated heterocycles. The summed E-state index contributed by atoms with van der Waals surface area (Å²) in [6.07, 6.45) is 5.83. The molecule has 0 saturated carbocycles. The second-order valence-corrected chi connectivity index (χ2v) is 5.52. The first-order chi connectivity index (χ1) is 9.62. The Bertz CT molecular complexity index is 464. The van der Waals surface area contributed by atoms with Gasteiger partial charge in [-0.25, -0.2) is 0 Å². The van der Waals surface area contributed by atoms with E-state index < -0.39 is 0 Å². The summed E-state index contributed by atoms with van der Waals surface area (Å²) in [5.74, 6) is 0.183. The van der Waals surface area contributed by atoms with Gasteiger partial charge in [0.15, 0.2) is 0 Å². The maximum Gasteiger partial charge on any atom is 0.244 e. The van der Waals surface area contributed by atoms with Crippen LogP contribution in [0.25, 0.3) is 0 Å². The molecule has 0 spiro atoms. The first-order valence-electron chi connectivity index (χ1n) is 7.70. The highest BCUT2D eigenvalue weighted by Gasteiger charge is 2.30. The van der Waals surface area contributed by atoms with Gasteiger partial charge in [0.1, 0.15) is 6.04 Å². The van der Waals surface area contributed by atoms with Crippen LogP contribution in [0.3, 0.4) is 0 Å². The Kier molecular flexibility index (Phi) is 4.68. The number of likely N-dealkylation sites (tertiary alicyclic amines) is 1. The third kappa shape index (κ3) is 2.67. The van der Waals surface area contributed by atoms with Gasteiger partial charge >= 0.3 is 0 Å². The van der Waals surface area contributed by atoms with E-state index >= 15 is 0 Å². The summed E-state index contributed by atoms with van der Waals surface area (Å²) < 4.78 is 2.13. The lowest BCUT2D eigenvalue weighted by molar-refractivity contribution is -0.127. The van der Waals surface area contributed by atoms with Gasteiger partial charge in [0.25, 0.3) is 0 Å².